The van der Waals surface area contributed by atoms with Crippen LogP contribution in [0, 0.1) is 0 Å². The highest BCUT2D eigenvalue weighted by Gasteiger charge is 2.08. The summed E-state index contributed by atoms with van der Waals surface area (Å²) in [5.74, 6) is 2.92. The molecule has 0 saturated carbocycles. The SMILES string of the molecule is CCNc1nc(NCCSCCCO)nc(OC(C)C)n1. The van der Waals surface area contributed by atoms with E-state index in [0.717, 1.165) is 31.0 Å². The molecule has 1 aromatic heterocycles. The van der Waals surface area contributed by atoms with Crippen LogP contribution in [0.15, 0.2) is 0 Å². The number of ether oxygens (including phenoxy) is 1. The summed E-state index contributed by atoms with van der Waals surface area (Å²) in [5, 5.41) is 14.9. The van der Waals surface area contributed by atoms with Gasteiger partial charge in [0, 0.05) is 25.4 Å². The van der Waals surface area contributed by atoms with E-state index in [2.05, 4.69) is 25.6 Å². The number of aromatic nitrogens is 3. The van der Waals surface area contributed by atoms with Crippen LogP contribution < -0.4 is 15.4 Å². The van der Waals surface area contributed by atoms with E-state index in [9.17, 15) is 0 Å². The molecule has 0 unspecified atom stereocenters. The van der Waals surface area contributed by atoms with Gasteiger partial charge in [0.05, 0.1) is 6.10 Å². The van der Waals surface area contributed by atoms with E-state index in [1.807, 2.05) is 20.8 Å². The summed E-state index contributed by atoms with van der Waals surface area (Å²) in [4.78, 5) is 12.7. The second kappa shape index (κ2) is 10.4. The van der Waals surface area contributed by atoms with Crippen LogP contribution >= 0.6 is 11.8 Å². The number of aliphatic hydroxyl groups excluding tert-OH is 1. The van der Waals surface area contributed by atoms with Crippen LogP contribution in [0.3, 0.4) is 0 Å². The van der Waals surface area contributed by atoms with Crippen LogP contribution in [0.4, 0.5) is 11.9 Å². The van der Waals surface area contributed by atoms with Gasteiger partial charge in [0.2, 0.25) is 11.9 Å². The highest BCUT2D eigenvalue weighted by atomic mass is 32.2. The van der Waals surface area contributed by atoms with Crippen LogP contribution in [0.2, 0.25) is 0 Å². The standard InChI is InChI=1S/C13H25N5O2S/c1-4-14-11-16-12(15-6-9-21-8-5-7-19)18-13(17-11)20-10(2)3/h10,19H,4-9H2,1-3H3,(H2,14,15,16,17,18). The lowest BCUT2D eigenvalue weighted by atomic mass is 10.5. The van der Waals surface area contributed by atoms with Crippen LogP contribution in [-0.4, -0.2) is 57.4 Å². The first-order valence-electron chi connectivity index (χ1n) is 7.24. The summed E-state index contributed by atoms with van der Waals surface area (Å²) in [5.41, 5.74) is 0. The number of thioether (sulfide) groups is 1. The van der Waals surface area contributed by atoms with Crippen molar-refractivity contribution in [3.05, 3.63) is 0 Å². The average molecular weight is 315 g/mol. The van der Waals surface area contributed by atoms with Crippen molar-refractivity contribution in [3.63, 3.8) is 0 Å². The Bertz CT molecular complexity index is 406. The lowest BCUT2D eigenvalue weighted by Gasteiger charge is -2.11. The molecule has 1 heterocycles. The largest absolute Gasteiger partial charge is 0.461 e. The number of nitrogens with zero attached hydrogens (tertiary/aromatic N) is 3. The summed E-state index contributed by atoms with van der Waals surface area (Å²) in [6, 6.07) is 0.325. The van der Waals surface area contributed by atoms with Gasteiger partial charge in [0.1, 0.15) is 0 Å². The fourth-order valence-electron chi connectivity index (χ4n) is 1.44. The van der Waals surface area contributed by atoms with E-state index in [0.29, 0.717) is 17.9 Å². The summed E-state index contributed by atoms with van der Waals surface area (Å²) in [7, 11) is 0. The summed E-state index contributed by atoms with van der Waals surface area (Å²) >= 11 is 1.79. The Balaban J connectivity index is 2.52. The van der Waals surface area contributed by atoms with Gasteiger partial charge in [-0.1, -0.05) is 0 Å². The molecular weight excluding hydrogens is 290 g/mol. The van der Waals surface area contributed by atoms with Crippen LogP contribution in [0.25, 0.3) is 0 Å². The van der Waals surface area contributed by atoms with Gasteiger partial charge in [-0.25, -0.2) is 0 Å². The number of hydrogen-bond acceptors (Lipinski definition) is 8. The predicted molar refractivity (Wildman–Crippen MR) is 87.3 cm³/mol. The molecule has 0 aliphatic heterocycles. The van der Waals surface area contributed by atoms with Gasteiger partial charge in [-0.2, -0.15) is 26.7 Å². The van der Waals surface area contributed by atoms with Crippen molar-refractivity contribution in [3.8, 4) is 6.01 Å². The number of hydrogen-bond donors (Lipinski definition) is 3. The molecule has 0 fully saturated rings. The Labute approximate surface area is 130 Å². The fourth-order valence-corrected chi connectivity index (χ4v) is 2.22. The molecule has 0 atom stereocenters. The second-order valence-electron chi connectivity index (χ2n) is 4.58. The predicted octanol–water partition coefficient (Wildman–Crippen LogP) is 1.62. The molecule has 0 saturated heterocycles. The van der Waals surface area contributed by atoms with E-state index >= 15 is 0 Å². The van der Waals surface area contributed by atoms with Crippen LogP contribution in [0.1, 0.15) is 27.2 Å². The maximum Gasteiger partial charge on any atom is 0.323 e. The smallest absolute Gasteiger partial charge is 0.323 e. The number of anilines is 2. The Hall–Kier alpha value is -1.28. The minimum absolute atomic E-state index is 0.0174. The van der Waals surface area contributed by atoms with Gasteiger partial charge in [0.15, 0.2) is 0 Å². The maximum absolute atomic E-state index is 8.71. The Morgan fingerprint density at radius 1 is 1.14 bits per heavy atom. The van der Waals surface area contributed by atoms with Gasteiger partial charge in [0.25, 0.3) is 0 Å². The van der Waals surface area contributed by atoms with Crippen molar-refractivity contribution in [2.24, 2.45) is 0 Å². The zero-order chi connectivity index (χ0) is 15.5. The van der Waals surface area contributed by atoms with Crippen molar-refractivity contribution in [2.45, 2.75) is 33.3 Å². The summed E-state index contributed by atoms with van der Waals surface area (Å²) < 4.78 is 5.53. The molecule has 0 amide bonds. The molecule has 8 heteroatoms. The number of rotatable bonds is 11. The molecule has 120 valence electrons. The first-order chi connectivity index (χ1) is 10.2. The van der Waals surface area contributed by atoms with E-state index < -0.39 is 0 Å². The molecule has 0 aromatic carbocycles. The third-order valence-electron chi connectivity index (χ3n) is 2.27. The molecule has 7 nitrogen and oxygen atoms in total. The molecule has 3 N–H and O–H groups in total. The van der Waals surface area contributed by atoms with Crippen molar-refractivity contribution in [2.75, 3.05) is 41.8 Å². The molecule has 21 heavy (non-hydrogen) atoms. The lowest BCUT2D eigenvalue weighted by molar-refractivity contribution is 0.222. The molecule has 0 aliphatic rings. The lowest BCUT2D eigenvalue weighted by Crippen LogP contribution is -2.15. The maximum atomic E-state index is 8.71. The highest BCUT2D eigenvalue weighted by molar-refractivity contribution is 7.99. The zero-order valence-corrected chi connectivity index (χ0v) is 13.7. The van der Waals surface area contributed by atoms with E-state index in [4.69, 9.17) is 9.84 Å². The van der Waals surface area contributed by atoms with Crippen molar-refractivity contribution < 1.29 is 9.84 Å². The first kappa shape index (κ1) is 17.8. The van der Waals surface area contributed by atoms with Gasteiger partial charge < -0.3 is 20.5 Å². The zero-order valence-electron chi connectivity index (χ0n) is 12.9. The quantitative estimate of drug-likeness (QED) is 0.531. The van der Waals surface area contributed by atoms with Gasteiger partial charge >= 0.3 is 6.01 Å². The van der Waals surface area contributed by atoms with Gasteiger partial charge in [-0.3, -0.25) is 0 Å². The molecular formula is C13H25N5O2S. The minimum atomic E-state index is 0.0174. The molecule has 0 spiro atoms. The summed E-state index contributed by atoms with van der Waals surface area (Å²) in [6.45, 7) is 7.59. The molecule has 1 aromatic rings. The van der Waals surface area contributed by atoms with E-state index in [1.54, 1.807) is 11.8 Å². The van der Waals surface area contributed by atoms with Crippen molar-refractivity contribution in [1.29, 1.82) is 0 Å². The Morgan fingerprint density at radius 2 is 1.86 bits per heavy atom. The monoisotopic (exact) mass is 315 g/mol. The average Bonchev–Trinajstić information content (AvgIpc) is 2.42. The second-order valence-corrected chi connectivity index (χ2v) is 5.80. The minimum Gasteiger partial charge on any atom is -0.461 e. The van der Waals surface area contributed by atoms with E-state index in [1.165, 1.54) is 0 Å². The number of nitrogens with one attached hydrogen (secondary N) is 2. The Kier molecular flexibility index (Phi) is 8.84. The third-order valence-corrected chi connectivity index (χ3v) is 3.34. The van der Waals surface area contributed by atoms with Crippen LogP contribution in [0.5, 0.6) is 6.01 Å². The molecule has 0 aliphatic carbocycles. The normalized spacial score (nSPS) is 10.7. The highest BCUT2D eigenvalue weighted by Crippen LogP contribution is 2.12. The summed E-state index contributed by atoms with van der Waals surface area (Å²) in [6.07, 6.45) is 0.844. The van der Waals surface area contributed by atoms with Gasteiger partial charge in [-0.05, 0) is 32.9 Å². The third kappa shape index (κ3) is 7.91. The Morgan fingerprint density at radius 3 is 2.48 bits per heavy atom. The van der Waals surface area contributed by atoms with Crippen molar-refractivity contribution >= 4 is 23.7 Å². The topological polar surface area (TPSA) is 92.2 Å². The van der Waals surface area contributed by atoms with E-state index in [-0.39, 0.29) is 12.7 Å². The van der Waals surface area contributed by atoms with Gasteiger partial charge in [-0.15, -0.1) is 0 Å². The molecule has 1 rings (SSSR count). The first-order valence-corrected chi connectivity index (χ1v) is 8.40. The molecule has 0 radical (unpaired) electrons. The number of aliphatic hydroxyl groups is 1. The van der Waals surface area contributed by atoms with Crippen LogP contribution in [-0.2, 0) is 0 Å². The fraction of sp³-hybridized carbons (Fsp3) is 0.769. The van der Waals surface area contributed by atoms with Crippen molar-refractivity contribution in [1.82, 2.24) is 15.0 Å². The molecule has 0 bridgehead atoms.